The molecule has 0 heterocycles. The first-order chi connectivity index (χ1) is 15.1. The van der Waals surface area contributed by atoms with Crippen LogP contribution >= 0.6 is 0 Å². The number of hydrogen-bond acceptors (Lipinski definition) is 5. The number of esters is 1. The molecule has 4 saturated carbocycles. The molecule has 10 unspecified atom stereocenters. The fourth-order valence-corrected chi connectivity index (χ4v) is 9.54. The van der Waals surface area contributed by atoms with E-state index >= 15 is 0 Å². The van der Waals surface area contributed by atoms with Crippen LogP contribution in [0.25, 0.3) is 0 Å². The van der Waals surface area contributed by atoms with Crippen LogP contribution in [0.4, 0.5) is 0 Å². The van der Waals surface area contributed by atoms with E-state index in [2.05, 4.69) is 27.7 Å². The van der Waals surface area contributed by atoms with Gasteiger partial charge in [-0.2, -0.15) is 0 Å². The SMILES string of the molecule is CCC1C(O)C2C(CC(O)[C@]3(C)C(C(C)CCC(=O)OC)CCC23)[C@@]2(C)CCC(O)CC12. The number of carbonyl (C=O) groups is 1. The van der Waals surface area contributed by atoms with Gasteiger partial charge in [-0.1, -0.05) is 34.1 Å². The van der Waals surface area contributed by atoms with E-state index in [1.165, 1.54) is 7.11 Å². The van der Waals surface area contributed by atoms with Crippen molar-refractivity contribution in [1.29, 1.82) is 0 Å². The van der Waals surface area contributed by atoms with Crippen molar-refractivity contribution in [2.45, 2.75) is 104 Å². The zero-order valence-electron chi connectivity index (χ0n) is 20.8. The van der Waals surface area contributed by atoms with Crippen LogP contribution in [0.2, 0.25) is 0 Å². The summed E-state index contributed by atoms with van der Waals surface area (Å²) >= 11 is 0. The fourth-order valence-electron chi connectivity index (χ4n) is 9.54. The Morgan fingerprint density at radius 2 is 1.78 bits per heavy atom. The summed E-state index contributed by atoms with van der Waals surface area (Å²) < 4.78 is 4.85. The van der Waals surface area contributed by atoms with Crippen LogP contribution in [-0.4, -0.2) is 46.7 Å². The molecule has 5 heteroatoms. The van der Waals surface area contributed by atoms with Gasteiger partial charge in [-0.05, 0) is 97.2 Å². The Morgan fingerprint density at radius 1 is 1.06 bits per heavy atom. The van der Waals surface area contributed by atoms with Crippen molar-refractivity contribution in [3.63, 3.8) is 0 Å². The molecular formula is C27H46O5. The second-order valence-electron chi connectivity index (χ2n) is 12.3. The number of methoxy groups -OCH3 is 1. The first kappa shape index (κ1) is 24.5. The Labute approximate surface area is 194 Å². The lowest BCUT2D eigenvalue weighted by atomic mass is 9.41. The van der Waals surface area contributed by atoms with Crippen molar-refractivity contribution >= 4 is 5.97 Å². The van der Waals surface area contributed by atoms with E-state index in [9.17, 15) is 20.1 Å². The van der Waals surface area contributed by atoms with Gasteiger partial charge < -0.3 is 20.1 Å². The summed E-state index contributed by atoms with van der Waals surface area (Å²) in [7, 11) is 1.44. The van der Waals surface area contributed by atoms with Crippen LogP contribution in [0.5, 0.6) is 0 Å². The van der Waals surface area contributed by atoms with Gasteiger partial charge in [0.1, 0.15) is 0 Å². The summed E-state index contributed by atoms with van der Waals surface area (Å²) in [5.41, 5.74) is -0.131. The number of carbonyl (C=O) groups excluding carboxylic acids is 1. The lowest BCUT2D eigenvalue weighted by molar-refractivity contribution is -0.228. The minimum Gasteiger partial charge on any atom is -0.469 e. The van der Waals surface area contributed by atoms with Crippen LogP contribution < -0.4 is 0 Å². The molecular weight excluding hydrogens is 404 g/mol. The predicted molar refractivity (Wildman–Crippen MR) is 124 cm³/mol. The third kappa shape index (κ3) is 3.56. The summed E-state index contributed by atoms with van der Waals surface area (Å²) in [6.45, 7) is 9.10. The standard InChI is InChI=1S/C27H46O5/c1-6-17-20-13-16(28)11-12-26(20,3)21-14-22(29)27(4)18(15(2)7-10-23(30)32-5)8-9-19(27)24(21)25(17)31/h15-22,24-25,28-29,31H,6-14H2,1-5H3/t15?,16?,17?,18?,19?,20?,21?,22?,24?,25?,26-,27+/m0/s1. The van der Waals surface area contributed by atoms with E-state index in [0.29, 0.717) is 36.0 Å². The molecule has 0 bridgehead atoms. The molecule has 0 aromatic carbocycles. The van der Waals surface area contributed by atoms with E-state index in [4.69, 9.17) is 4.74 Å². The highest BCUT2D eigenvalue weighted by Crippen LogP contribution is 2.69. The summed E-state index contributed by atoms with van der Waals surface area (Å²) in [6, 6.07) is 0. The number of ether oxygens (including phenoxy) is 1. The fraction of sp³-hybridized carbons (Fsp3) is 0.963. The Bertz CT molecular complexity index is 696. The number of aliphatic hydroxyl groups is 3. The minimum absolute atomic E-state index is 0.0840. The van der Waals surface area contributed by atoms with Crippen molar-refractivity contribution in [1.82, 2.24) is 0 Å². The molecule has 5 nitrogen and oxygen atoms in total. The van der Waals surface area contributed by atoms with E-state index in [1.54, 1.807) is 0 Å². The third-order valence-electron chi connectivity index (χ3n) is 11.3. The zero-order chi connectivity index (χ0) is 23.4. The Hall–Kier alpha value is -0.650. The van der Waals surface area contributed by atoms with E-state index in [-0.39, 0.29) is 46.9 Å². The monoisotopic (exact) mass is 450 g/mol. The van der Waals surface area contributed by atoms with Crippen molar-refractivity contribution in [2.24, 2.45) is 52.3 Å². The lowest BCUT2D eigenvalue weighted by Crippen LogP contribution is -2.65. The third-order valence-corrected chi connectivity index (χ3v) is 11.3. The number of aliphatic hydroxyl groups excluding tert-OH is 3. The molecule has 184 valence electrons. The van der Waals surface area contributed by atoms with Crippen molar-refractivity contribution in [2.75, 3.05) is 7.11 Å². The van der Waals surface area contributed by atoms with Crippen molar-refractivity contribution < 1.29 is 24.9 Å². The quantitative estimate of drug-likeness (QED) is 0.547. The van der Waals surface area contributed by atoms with Gasteiger partial charge in [0.25, 0.3) is 0 Å². The molecule has 0 aromatic heterocycles. The maximum Gasteiger partial charge on any atom is 0.305 e. The van der Waals surface area contributed by atoms with Gasteiger partial charge in [0.05, 0.1) is 25.4 Å². The molecule has 3 N–H and O–H groups in total. The van der Waals surface area contributed by atoms with Crippen LogP contribution in [0.15, 0.2) is 0 Å². The predicted octanol–water partition coefficient (Wildman–Crippen LogP) is 4.17. The van der Waals surface area contributed by atoms with Gasteiger partial charge in [-0.15, -0.1) is 0 Å². The second-order valence-corrected chi connectivity index (χ2v) is 12.3. The Kier molecular flexibility index (Phi) is 6.77. The second kappa shape index (κ2) is 8.85. The first-order valence-electron chi connectivity index (χ1n) is 13.2. The number of fused-ring (bicyclic) bond motifs is 5. The molecule has 12 atom stereocenters. The molecule has 0 radical (unpaired) electrons. The van der Waals surface area contributed by atoms with Gasteiger partial charge in [0.15, 0.2) is 0 Å². The summed E-state index contributed by atoms with van der Waals surface area (Å²) in [5.74, 6) is 1.96. The summed E-state index contributed by atoms with van der Waals surface area (Å²) in [4.78, 5) is 11.7. The van der Waals surface area contributed by atoms with Crippen molar-refractivity contribution in [3.05, 3.63) is 0 Å². The van der Waals surface area contributed by atoms with E-state index in [0.717, 1.165) is 51.4 Å². The number of rotatable bonds is 5. The highest BCUT2D eigenvalue weighted by atomic mass is 16.5. The highest BCUT2D eigenvalue weighted by Gasteiger charge is 2.67. The average Bonchev–Trinajstić information content (AvgIpc) is 3.12. The topological polar surface area (TPSA) is 87.0 Å². The smallest absolute Gasteiger partial charge is 0.305 e. The van der Waals surface area contributed by atoms with Gasteiger partial charge in [-0.3, -0.25) is 4.79 Å². The molecule has 4 fully saturated rings. The molecule has 0 aromatic rings. The van der Waals surface area contributed by atoms with Crippen LogP contribution in [0, 0.1) is 52.3 Å². The van der Waals surface area contributed by atoms with Gasteiger partial charge >= 0.3 is 5.97 Å². The number of hydrogen-bond donors (Lipinski definition) is 3. The van der Waals surface area contributed by atoms with Gasteiger partial charge in [-0.25, -0.2) is 0 Å². The molecule has 4 rings (SSSR count). The lowest BCUT2D eigenvalue weighted by Gasteiger charge is -2.65. The molecule has 0 amide bonds. The first-order valence-corrected chi connectivity index (χ1v) is 13.2. The van der Waals surface area contributed by atoms with Gasteiger partial charge in [0, 0.05) is 6.42 Å². The zero-order valence-corrected chi connectivity index (χ0v) is 20.8. The Morgan fingerprint density at radius 3 is 2.44 bits per heavy atom. The Balaban J connectivity index is 1.63. The molecule has 4 aliphatic carbocycles. The maximum atomic E-state index is 11.8. The van der Waals surface area contributed by atoms with Crippen LogP contribution in [-0.2, 0) is 9.53 Å². The van der Waals surface area contributed by atoms with Crippen molar-refractivity contribution in [3.8, 4) is 0 Å². The summed E-state index contributed by atoms with van der Waals surface area (Å²) in [5, 5.41) is 33.9. The molecule has 0 spiro atoms. The largest absolute Gasteiger partial charge is 0.469 e. The maximum absolute atomic E-state index is 11.8. The normalized spacial score (nSPS) is 51.3. The van der Waals surface area contributed by atoms with Crippen LogP contribution in [0.3, 0.4) is 0 Å². The van der Waals surface area contributed by atoms with E-state index in [1.807, 2.05) is 0 Å². The average molecular weight is 451 g/mol. The highest BCUT2D eigenvalue weighted by molar-refractivity contribution is 5.69. The summed E-state index contributed by atoms with van der Waals surface area (Å²) in [6.07, 6.45) is 6.69. The minimum atomic E-state index is -0.378. The molecule has 32 heavy (non-hydrogen) atoms. The van der Waals surface area contributed by atoms with E-state index < -0.39 is 0 Å². The van der Waals surface area contributed by atoms with Gasteiger partial charge in [0.2, 0.25) is 0 Å². The molecule has 0 aliphatic heterocycles. The van der Waals surface area contributed by atoms with Crippen LogP contribution in [0.1, 0.15) is 85.5 Å². The molecule has 0 saturated heterocycles. The molecule has 4 aliphatic rings.